The summed E-state index contributed by atoms with van der Waals surface area (Å²) in [6.45, 7) is 4.39. The number of rotatable bonds is 6. The predicted octanol–water partition coefficient (Wildman–Crippen LogP) is 3.26. The average molecular weight is 237 g/mol. The van der Waals surface area contributed by atoms with Crippen molar-refractivity contribution in [3.63, 3.8) is 0 Å². The smallest absolute Gasteiger partial charge is 0.164 e. The molecule has 94 valence electrons. The van der Waals surface area contributed by atoms with Crippen LogP contribution in [0.25, 0.3) is 0 Å². The van der Waals surface area contributed by atoms with Crippen molar-refractivity contribution in [2.45, 2.75) is 39.0 Å². The van der Waals surface area contributed by atoms with E-state index in [2.05, 4.69) is 0 Å². The number of halogens is 1. The Hall–Kier alpha value is -1.22. The molecule has 0 spiro atoms. The number of hydrogen-bond donors (Lipinski definition) is 1. The van der Waals surface area contributed by atoms with Crippen LogP contribution >= 0.6 is 0 Å². The molecule has 0 aliphatic heterocycles. The molecule has 2 nitrogen and oxygen atoms in total. The number of carbonyl (C=O) groups excluding carboxylic acids is 1. The van der Waals surface area contributed by atoms with Crippen molar-refractivity contribution in [1.29, 1.82) is 0 Å². The summed E-state index contributed by atoms with van der Waals surface area (Å²) >= 11 is 0. The fourth-order valence-corrected chi connectivity index (χ4v) is 2.04. The van der Waals surface area contributed by atoms with Gasteiger partial charge in [0.05, 0.1) is 0 Å². The van der Waals surface area contributed by atoms with E-state index in [0.717, 1.165) is 12.8 Å². The second-order valence-corrected chi connectivity index (χ2v) is 4.21. The van der Waals surface area contributed by atoms with E-state index in [0.29, 0.717) is 17.7 Å². The molecule has 0 atom stereocenters. The number of nitrogens with two attached hydrogens (primary N) is 1. The molecular formula is C14H20FNO. The molecule has 3 heteroatoms. The summed E-state index contributed by atoms with van der Waals surface area (Å²) in [6, 6.07) is 4.77. The Kier molecular flexibility index (Phi) is 5.29. The quantitative estimate of drug-likeness (QED) is 0.772. The second kappa shape index (κ2) is 6.50. The molecule has 1 aromatic carbocycles. The number of ketones is 1. The van der Waals surface area contributed by atoms with Crippen LogP contribution in [-0.2, 0) is 0 Å². The second-order valence-electron chi connectivity index (χ2n) is 4.21. The van der Waals surface area contributed by atoms with Gasteiger partial charge in [0.2, 0.25) is 0 Å². The van der Waals surface area contributed by atoms with Gasteiger partial charge in [-0.3, -0.25) is 4.79 Å². The molecule has 1 aromatic rings. The van der Waals surface area contributed by atoms with Gasteiger partial charge in [-0.2, -0.15) is 0 Å². The van der Waals surface area contributed by atoms with Gasteiger partial charge in [0.25, 0.3) is 0 Å². The lowest BCUT2D eigenvalue weighted by molar-refractivity contribution is 0.0985. The summed E-state index contributed by atoms with van der Waals surface area (Å²) in [7, 11) is 0. The van der Waals surface area contributed by atoms with Crippen LogP contribution in [0.4, 0.5) is 4.39 Å². The van der Waals surface area contributed by atoms with E-state index in [1.54, 1.807) is 12.1 Å². The maximum absolute atomic E-state index is 13.9. The Morgan fingerprint density at radius 3 is 2.47 bits per heavy atom. The highest BCUT2D eigenvalue weighted by Crippen LogP contribution is 2.26. The SMILES string of the molecule is CCC(CC)c1ccc(C(=O)CCN)cc1F. The van der Waals surface area contributed by atoms with Crippen LogP contribution in [-0.4, -0.2) is 12.3 Å². The van der Waals surface area contributed by atoms with Gasteiger partial charge in [0.1, 0.15) is 5.82 Å². The molecule has 0 aliphatic rings. The summed E-state index contributed by atoms with van der Waals surface area (Å²) in [4.78, 5) is 11.6. The Balaban J connectivity index is 2.97. The fourth-order valence-electron chi connectivity index (χ4n) is 2.04. The standard InChI is InChI=1S/C14H20FNO/c1-3-10(4-2)12-6-5-11(9-13(12)15)14(17)7-8-16/h5-6,9-10H,3-4,7-8,16H2,1-2H3. The average Bonchev–Trinajstić information content (AvgIpc) is 2.32. The van der Waals surface area contributed by atoms with Crippen LogP contribution in [0.5, 0.6) is 0 Å². The first-order chi connectivity index (χ1) is 8.13. The third kappa shape index (κ3) is 3.37. The van der Waals surface area contributed by atoms with Crippen molar-refractivity contribution in [1.82, 2.24) is 0 Å². The van der Waals surface area contributed by atoms with Gasteiger partial charge in [-0.1, -0.05) is 26.0 Å². The summed E-state index contributed by atoms with van der Waals surface area (Å²) in [5, 5.41) is 0. The maximum Gasteiger partial charge on any atom is 0.164 e. The Labute approximate surface area is 102 Å². The molecule has 0 aromatic heterocycles. The number of benzene rings is 1. The van der Waals surface area contributed by atoms with E-state index in [1.807, 2.05) is 13.8 Å². The lowest BCUT2D eigenvalue weighted by Crippen LogP contribution is -2.09. The normalized spacial score (nSPS) is 10.9. The van der Waals surface area contributed by atoms with Crippen LogP contribution in [0.3, 0.4) is 0 Å². The van der Waals surface area contributed by atoms with Gasteiger partial charge in [-0.05, 0) is 36.9 Å². The summed E-state index contributed by atoms with van der Waals surface area (Å²) in [5.74, 6) is -0.141. The van der Waals surface area contributed by atoms with E-state index >= 15 is 0 Å². The van der Waals surface area contributed by atoms with Crippen molar-refractivity contribution in [3.8, 4) is 0 Å². The molecule has 1 rings (SSSR count). The van der Waals surface area contributed by atoms with Gasteiger partial charge < -0.3 is 5.73 Å². The largest absolute Gasteiger partial charge is 0.330 e. The van der Waals surface area contributed by atoms with Gasteiger partial charge >= 0.3 is 0 Å². The van der Waals surface area contributed by atoms with Crippen molar-refractivity contribution in [2.24, 2.45) is 5.73 Å². The third-order valence-electron chi connectivity index (χ3n) is 3.12. The minimum absolute atomic E-state index is 0.0949. The summed E-state index contributed by atoms with van der Waals surface area (Å²) in [5.41, 5.74) is 6.44. The molecule has 0 unspecified atom stereocenters. The molecule has 0 aliphatic carbocycles. The van der Waals surface area contributed by atoms with Crippen molar-refractivity contribution in [3.05, 3.63) is 35.1 Å². The fraction of sp³-hybridized carbons (Fsp3) is 0.500. The zero-order valence-electron chi connectivity index (χ0n) is 10.5. The molecule has 2 N–H and O–H groups in total. The van der Waals surface area contributed by atoms with Gasteiger partial charge in [0, 0.05) is 12.0 Å². The first kappa shape index (κ1) is 13.8. The maximum atomic E-state index is 13.9. The van der Waals surface area contributed by atoms with Gasteiger partial charge in [0.15, 0.2) is 5.78 Å². The zero-order valence-corrected chi connectivity index (χ0v) is 10.5. The molecular weight excluding hydrogens is 217 g/mol. The number of hydrogen-bond acceptors (Lipinski definition) is 2. The third-order valence-corrected chi connectivity index (χ3v) is 3.12. The van der Waals surface area contributed by atoms with Crippen LogP contribution in [0.15, 0.2) is 18.2 Å². The minimum Gasteiger partial charge on any atom is -0.330 e. The highest BCUT2D eigenvalue weighted by atomic mass is 19.1. The van der Waals surface area contributed by atoms with E-state index in [4.69, 9.17) is 5.73 Å². The molecule has 0 bridgehead atoms. The lowest BCUT2D eigenvalue weighted by atomic mass is 9.92. The van der Waals surface area contributed by atoms with E-state index in [9.17, 15) is 9.18 Å². The van der Waals surface area contributed by atoms with Crippen molar-refractivity contribution in [2.75, 3.05) is 6.54 Å². The predicted molar refractivity (Wildman–Crippen MR) is 67.7 cm³/mol. The lowest BCUT2D eigenvalue weighted by Gasteiger charge is -2.14. The molecule has 0 saturated carbocycles. The van der Waals surface area contributed by atoms with E-state index in [-0.39, 0.29) is 23.9 Å². The molecule has 0 radical (unpaired) electrons. The van der Waals surface area contributed by atoms with Crippen molar-refractivity contribution < 1.29 is 9.18 Å². The molecule has 0 fully saturated rings. The highest BCUT2D eigenvalue weighted by Gasteiger charge is 2.14. The first-order valence-corrected chi connectivity index (χ1v) is 6.16. The first-order valence-electron chi connectivity index (χ1n) is 6.16. The molecule has 0 heterocycles. The van der Waals surface area contributed by atoms with Gasteiger partial charge in [-0.25, -0.2) is 4.39 Å². The Bertz CT molecular complexity index is 386. The number of carbonyl (C=O) groups is 1. The van der Waals surface area contributed by atoms with E-state index < -0.39 is 0 Å². The van der Waals surface area contributed by atoms with Crippen LogP contribution in [0.1, 0.15) is 54.9 Å². The number of Topliss-reactive ketones (excluding diaryl/α,β-unsaturated/α-hetero) is 1. The highest BCUT2D eigenvalue weighted by molar-refractivity contribution is 5.96. The minimum atomic E-state index is -0.276. The Morgan fingerprint density at radius 1 is 1.35 bits per heavy atom. The summed E-state index contributed by atoms with van der Waals surface area (Å²) < 4.78 is 13.9. The van der Waals surface area contributed by atoms with Gasteiger partial charge in [-0.15, -0.1) is 0 Å². The van der Waals surface area contributed by atoms with Crippen LogP contribution in [0.2, 0.25) is 0 Å². The van der Waals surface area contributed by atoms with E-state index in [1.165, 1.54) is 6.07 Å². The summed E-state index contributed by atoms with van der Waals surface area (Å²) in [6.07, 6.45) is 2.08. The van der Waals surface area contributed by atoms with Crippen LogP contribution < -0.4 is 5.73 Å². The zero-order chi connectivity index (χ0) is 12.8. The monoisotopic (exact) mass is 237 g/mol. The van der Waals surface area contributed by atoms with Crippen LogP contribution in [0, 0.1) is 5.82 Å². The molecule has 0 amide bonds. The van der Waals surface area contributed by atoms with Crippen molar-refractivity contribution >= 4 is 5.78 Å². The molecule has 17 heavy (non-hydrogen) atoms. The molecule has 0 saturated heterocycles. The Morgan fingerprint density at radius 2 is 2.00 bits per heavy atom. The topological polar surface area (TPSA) is 43.1 Å².